The van der Waals surface area contributed by atoms with Crippen molar-refractivity contribution in [3.8, 4) is 0 Å². The van der Waals surface area contributed by atoms with Crippen LogP contribution >= 0.6 is 0 Å². The Morgan fingerprint density at radius 3 is 2.12 bits per heavy atom. The molecular formula is C22H40O4. The number of carbonyl (C=O) groups is 2. The zero-order valence-electron chi connectivity index (χ0n) is 17.3. The number of rotatable bonds is 12. The highest BCUT2D eigenvalue weighted by Crippen LogP contribution is 2.31. The first-order valence-electron chi connectivity index (χ1n) is 10.8. The van der Waals surface area contributed by atoms with Gasteiger partial charge in [0.05, 0.1) is 11.8 Å². The minimum absolute atomic E-state index is 0.0175. The zero-order chi connectivity index (χ0) is 19.5. The summed E-state index contributed by atoms with van der Waals surface area (Å²) in [6.07, 6.45) is 10.3. The maximum atomic E-state index is 12.6. The fraction of sp³-hybridized carbons (Fsp3) is 0.909. The fourth-order valence-electron chi connectivity index (χ4n) is 3.93. The molecule has 4 nitrogen and oxygen atoms in total. The van der Waals surface area contributed by atoms with Crippen LogP contribution in [0.1, 0.15) is 98.3 Å². The van der Waals surface area contributed by atoms with Gasteiger partial charge in [-0.15, -0.1) is 0 Å². The molecule has 0 aromatic rings. The lowest BCUT2D eigenvalue weighted by atomic mass is 9.82. The fourth-order valence-corrected chi connectivity index (χ4v) is 3.93. The van der Waals surface area contributed by atoms with E-state index in [1.54, 1.807) is 0 Å². The van der Waals surface area contributed by atoms with Gasteiger partial charge in [0.1, 0.15) is 6.10 Å². The van der Waals surface area contributed by atoms with E-state index in [-0.39, 0.29) is 23.9 Å². The normalized spacial score (nSPS) is 22.8. The van der Waals surface area contributed by atoms with Gasteiger partial charge in [0.25, 0.3) is 0 Å². The Labute approximate surface area is 160 Å². The summed E-state index contributed by atoms with van der Waals surface area (Å²) < 4.78 is 5.96. The van der Waals surface area contributed by atoms with E-state index in [0.717, 1.165) is 25.7 Å². The summed E-state index contributed by atoms with van der Waals surface area (Å²) in [6.45, 7) is 8.87. The van der Waals surface area contributed by atoms with Gasteiger partial charge in [0.15, 0.2) is 0 Å². The van der Waals surface area contributed by atoms with E-state index in [9.17, 15) is 9.59 Å². The second-order valence-corrected chi connectivity index (χ2v) is 8.57. The average molecular weight is 369 g/mol. The predicted molar refractivity (Wildman–Crippen MR) is 105 cm³/mol. The highest BCUT2D eigenvalue weighted by atomic mass is 16.5. The summed E-state index contributed by atoms with van der Waals surface area (Å²) >= 11 is 0. The van der Waals surface area contributed by atoms with E-state index in [2.05, 4.69) is 27.7 Å². The van der Waals surface area contributed by atoms with Gasteiger partial charge in [0, 0.05) is 0 Å². The van der Waals surface area contributed by atoms with Crippen LogP contribution in [0.25, 0.3) is 0 Å². The van der Waals surface area contributed by atoms with Crippen LogP contribution in [0.15, 0.2) is 0 Å². The van der Waals surface area contributed by atoms with Crippen LogP contribution in [0, 0.1) is 23.7 Å². The summed E-state index contributed by atoms with van der Waals surface area (Å²) in [4.78, 5) is 23.7. The molecule has 0 bridgehead atoms. The summed E-state index contributed by atoms with van der Waals surface area (Å²) in [7, 11) is 0. The number of hydrogen-bond acceptors (Lipinski definition) is 3. The molecule has 152 valence electrons. The second kappa shape index (κ2) is 12.3. The van der Waals surface area contributed by atoms with Crippen molar-refractivity contribution in [3.63, 3.8) is 0 Å². The third kappa shape index (κ3) is 8.55. The van der Waals surface area contributed by atoms with E-state index in [1.807, 2.05) is 0 Å². The number of carboxylic acids is 1. The first-order chi connectivity index (χ1) is 12.4. The Balaban J connectivity index is 2.57. The van der Waals surface area contributed by atoms with E-state index in [1.165, 1.54) is 19.3 Å². The molecule has 0 aliphatic heterocycles. The molecule has 0 aromatic carbocycles. The Kier molecular flexibility index (Phi) is 10.9. The van der Waals surface area contributed by atoms with Crippen molar-refractivity contribution in [1.29, 1.82) is 0 Å². The maximum Gasteiger partial charge on any atom is 0.309 e. The quantitative estimate of drug-likeness (QED) is 0.440. The van der Waals surface area contributed by atoms with Crippen LogP contribution in [0.3, 0.4) is 0 Å². The smallest absolute Gasteiger partial charge is 0.309 e. The van der Waals surface area contributed by atoms with Crippen LogP contribution in [-0.4, -0.2) is 23.1 Å². The maximum absolute atomic E-state index is 12.6. The van der Waals surface area contributed by atoms with Crippen LogP contribution in [0.2, 0.25) is 0 Å². The van der Waals surface area contributed by atoms with Crippen molar-refractivity contribution in [1.82, 2.24) is 0 Å². The highest BCUT2D eigenvalue weighted by Gasteiger charge is 2.32. The van der Waals surface area contributed by atoms with Gasteiger partial charge < -0.3 is 9.84 Å². The van der Waals surface area contributed by atoms with Gasteiger partial charge >= 0.3 is 11.9 Å². The zero-order valence-corrected chi connectivity index (χ0v) is 17.3. The van der Waals surface area contributed by atoms with Gasteiger partial charge in [-0.05, 0) is 56.8 Å². The van der Waals surface area contributed by atoms with Crippen LogP contribution in [0.4, 0.5) is 0 Å². The van der Waals surface area contributed by atoms with Crippen molar-refractivity contribution >= 4 is 11.9 Å². The van der Waals surface area contributed by atoms with Gasteiger partial charge in [-0.25, -0.2) is 0 Å². The molecule has 4 heteroatoms. The molecule has 2 unspecified atom stereocenters. The number of esters is 1. The first-order valence-corrected chi connectivity index (χ1v) is 10.8. The summed E-state index contributed by atoms with van der Waals surface area (Å²) in [5.41, 5.74) is 0. The monoisotopic (exact) mass is 368 g/mol. The van der Waals surface area contributed by atoms with E-state index < -0.39 is 5.97 Å². The SMILES string of the molecule is CCCCC(CC)CC(CCC(C)C)OC(=O)C1CCC(C(=O)O)CC1. The number of carboxylic acid groups (broad SMARTS) is 1. The molecule has 0 heterocycles. The third-order valence-electron chi connectivity index (χ3n) is 5.90. The van der Waals surface area contributed by atoms with E-state index in [4.69, 9.17) is 9.84 Å². The standard InChI is InChI=1S/C22H40O4/c1-5-7-8-17(6-2)15-20(14-9-16(3)4)26-22(25)19-12-10-18(11-13-19)21(23)24/h16-20H,5-15H2,1-4H3,(H,23,24). The molecule has 1 N–H and O–H groups in total. The minimum atomic E-state index is -0.728. The topological polar surface area (TPSA) is 63.6 Å². The molecule has 26 heavy (non-hydrogen) atoms. The van der Waals surface area contributed by atoms with Crippen LogP contribution < -0.4 is 0 Å². The Bertz CT molecular complexity index is 410. The molecule has 2 atom stereocenters. The van der Waals surface area contributed by atoms with Crippen LogP contribution in [-0.2, 0) is 14.3 Å². The lowest BCUT2D eigenvalue weighted by Crippen LogP contribution is -2.30. The van der Waals surface area contributed by atoms with Crippen molar-refractivity contribution in [2.24, 2.45) is 23.7 Å². The molecule has 0 amide bonds. The molecule has 1 saturated carbocycles. The first kappa shape index (κ1) is 23.0. The summed E-state index contributed by atoms with van der Waals surface area (Å²) in [5.74, 6) is 0.0269. The molecule has 0 aromatic heterocycles. The Morgan fingerprint density at radius 2 is 1.62 bits per heavy atom. The molecule has 1 fully saturated rings. The lowest BCUT2D eigenvalue weighted by molar-refractivity contribution is -0.158. The van der Waals surface area contributed by atoms with E-state index >= 15 is 0 Å². The molecule has 0 radical (unpaired) electrons. The highest BCUT2D eigenvalue weighted by molar-refractivity contribution is 5.74. The molecule has 1 rings (SSSR count). The van der Waals surface area contributed by atoms with Gasteiger partial charge in [0.2, 0.25) is 0 Å². The number of ether oxygens (including phenoxy) is 1. The number of aliphatic carboxylic acids is 1. The Hall–Kier alpha value is -1.06. The molecule has 0 saturated heterocycles. The number of hydrogen-bond donors (Lipinski definition) is 1. The third-order valence-corrected chi connectivity index (χ3v) is 5.90. The Morgan fingerprint density at radius 1 is 1.00 bits per heavy atom. The summed E-state index contributed by atoms with van der Waals surface area (Å²) in [6, 6.07) is 0. The largest absolute Gasteiger partial charge is 0.481 e. The molecule has 0 spiro atoms. The number of unbranched alkanes of at least 4 members (excludes halogenated alkanes) is 1. The average Bonchev–Trinajstić information content (AvgIpc) is 2.62. The van der Waals surface area contributed by atoms with Crippen molar-refractivity contribution in [2.45, 2.75) is 104 Å². The molecule has 1 aliphatic carbocycles. The second-order valence-electron chi connectivity index (χ2n) is 8.57. The summed E-state index contributed by atoms with van der Waals surface area (Å²) in [5, 5.41) is 9.11. The lowest BCUT2D eigenvalue weighted by Gasteiger charge is -2.28. The molecular weight excluding hydrogens is 328 g/mol. The van der Waals surface area contributed by atoms with Gasteiger partial charge in [-0.3, -0.25) is 9.59 Å². The minimum Gasteiger partial charge on any atom is -0.481 e. The number of carbonyl (C=O) groups excluding carboxylic acids is 1. The van der Waals surface area contributed by atoms with E-state index in [0.29, 0.717) is 37.5 Å². The van der Waals surface area contributed by atoms with Crippen molar-refractivity contribution in [2.75, 3.05) is 0 Å². The van der Waals surface area contributed by atoms with Crippen molar-refractivity contribution in [3.05, 3.63) is 0 Å². The molecule has 1 aliphatic rings. The predicted octanol–water partition coefficient (Wildman–Crippen LogP) is 5.83. The van der Waals surface area contributed by atoms with Gasteiger partial charge in [-0.2, -0.15) is 0 Å². The van der Waals surface area contributed by atoms with Gasteiger partial charge in [-0.1, -0.05) is 53.4 Å². The van der Waals surface area contributed by atoms with Crippen LogP contribution in [0.5, 0.6) is 0 Å². The van der Waals surface area contributed by atoms with Crippen molar-refractivity contribution < 1.29 is 19.4 Å².